The summed E-state index contributed by atoms with van der Waals surface area (Å²) in [6.45, 7) is 3.73. The van der Waals surface area contributed by atoms with E-state index in [-0.39, 0.29) is 6.29 Å². The van der Waals surface area contributed by atoms with E-state index in [1.807, 2.05) is 6.07 Å². The first kappa shape index (κ1) is 15.8. The molecular weight excluding hydrogens is 278 g/mol. The van der Waals surface area contributed by atoms with E-state index in [9.17, 15) is 0 Å². The predicted octanol–water partition coefficient (Wildman–Crippen LogP) is 3.38. The van der Waals surface area contributed by atoms with Gasteiger partial charge in [-0.25, -0.2) is 0 Å². The Kier molecular flexibility index (Phi) is 5.70. The number of nitrogens with zero attached hydrogens (tertiary/aromatic N) is 1. The van der Waals surface area contributed by atoms with Crippen LogP contribution in [0.15, 0.2) is 24.3 Å². The monoisotopic (exact) mass is 305 g/mol. The molecule has 0 aromatic heterocycles. The highest BCUT2D eigenvalue weighted by Crippen LogP contribution is 2.33. The molecule has 2 aliphatic rings. The molecule has 0 N–H and O–H groups in total. The van der Waals surface area contributed by atoms with Crippen LogP contribution in [0.1, 0.15) is 43.7 Å². The molecule has 2 aliphatic heterocycles. The Bertz CT molecular complexity index is 459. The van der Waals surface area contributed by atoms with E-state index in [1.54, 1.807) is 7.11 Å². The molecule has 0 unspecified atom stereocenters. The van der Waals surface area contributed by atoms with Crippen LogP contribution < -0.4 is 4.74 Å². The second-order valence-corrected chi connectivity index (χ2v) is 6.14. The molecule has 22 heavy (non-hydrogen) atoms. The van der Waals surface area contributed by atoms with Crippen molar-refractivity contribution in [3.05, 3.63) is 29.8 Å². The first-order valence-electron chi connectivity index (χ1n) is 8.48. The molecule has 2 saturated heterocycles. The predicted molar refractivity (Wildman–Crippen MR) is 86.1 cm³/mol. The smallest absolute Gasteiger partial charge is 0.157 e. The zero-order chi connectivity index (χ0) is 15.2. The highest BCUT2D eigenvalue weighted by Gasteiger charge is 2.26. The zero-order valence-corrected chi connectivity index (χ0v) is 13.5. The minimum absolute atomic E-state index is 0.0200. The SMILES string of the molecule is COc1cccc([C@H]2CCCN2CCO[C@H]2CCCCO2)c1. The van der Waals surface area contributed by atoms with Crippen LogP contribution >= 0.6 is 0 Å². The Labute approximate surface area is 133 Å². The van der Waals surface area contributed by atoms with Crippen LogP contribution in [0.3, 0.4) is 0 Å². The Hall–Kier alpha value is -1.10. The molecule has 3 rings (SSSR count). The van der Waals surface area contributed by atoms with Gasteiger partial charge in [0.2, 0.25) is 0 Å². The van der Waals surface area contributed by atoms with E-state index in [0.717, 1.165) is 38.5 Å². The molecule has 1 aromatic rings. The highest BCUT2D eigenvalue weighted by molar-refractivity contribution is 5.31. The van der Waals surface area contributed by atoms with Gasteiger partial charge in [-0.15, -0.1) is 0 Å². The van der Waals surface area contributed by atoms with Gasteiger partial charge in [-0.2, -0.15) is 0 Å². The molecule has 0 amide bonds. The van der Waals surface area contributed by atoms with Crippen LogP contribution in [0.5, 0.6) is 5.75 Å². The molecule has 0 aliphatic carbocycles. The van der Waals surface area contributed by atoms with Gasteiger partial charge in [0.05, 0.1) is 13.7 Å². The van der Waals surface area contributed by atoms with E-state index in [4.69, 9.17) is 14.2 Å². The Morgan fingerprint density at radius 1 is 1.23 bits per heavy atom. The van der Waals surface area contributed by atoms with Gasteiger partial charge in [0, 0.05) is 19.2 Å². The van der Waals surface area contributed by atoms with Crippen LogP contribution in [0.2, 0.25) is 0 Å². The fourth-order valence-corrected chi connectivity index (χ4v) is 3.46. The van der Waals surface area contributed by atoms with Crippen molar-refractivity contribution in [2.75, 3.05) is 33.4 Å². The summed E-state index contributed by atoms with van der Waals surface area (Å²) in [5.41, 5.74) is 1.35. The maximum Gasteiger partial charge on any atom is 0.157 e. The van der Waals surface area contributed by atoms with Gasteiger partial charge in [0.25, 0.3) is 0 Å². The lowest BCUT2D eigenvalue weighted by atomic mass is 10.0. The topological polar surface area (TPSA) is 30.9 Å². The van der Waals surface area contributed by atoms with Crippen LogP contribution in [0, 0.1) is 0 Å². The van der Waals surface area contributed by atoms with Gasteiger partial charge < -0.3 is 14.2 Å². The van der Waals surface area contributed by atoms with Gasteiger partial charge in [0.15, 0.2) is 6.29 Å². The summed E-state index contributed by atoms with van der Waals surface area (Å²) < 4.78 is 16.9. The van der Waals surface area contributed by atoms with Crippen molar-refractivity contribution in [1.82, 2.24) is 4.90 Å². The summed E-state index contributed by atoms with van der Waals surface area (Å²) in [5, 5.41) is 0. The zero-order valence-electron chi connectivity index (χ0n) is 13.5. The Balaban J connectivity index is 1.51. The lowest BCUT2D eigenvalue weighted by Crippen LogP contribution is -2.30. The molecule has 2 fully saturated rings. The number of rotatable bonds is 6. The molecule has 4 nitrogen and oxygen atoms in total. The van der Waals surface area contributed by atoms with E-state index < -0.39 is 0 Å². The number of methoxy groups -OCH3 is 1. The van der Waals surface area contributed by atoms with Gasteiger partial charge in [-0.05, 0) is 56.3 Å². The third kappa shape index (κ3) is 4.00. The molecule has 4 heteroatoms. The lowest BCUT2D eigenvalue weighted by Gasteiger charge is -2.27. The molecule has 0 radical (unpaired) electrons. The van der Waals surface area contributed by atoms with Crippen LogP contribution in [-0.2, 0) is 9.47 Å². The number of likely N-dealkylation sites (tertiary alicyclic amines) is 1. The van der Waals surface area contributed by atoms with Crippen molar-refractivity contribution in [2.24, 2.45) is 0 Å². The highest BCUT2D eigenvalue weighted by atomic mass is 16.7. The normalized spacial score (nSPS) is 26.2. The van der Waals surface area contributed by atoms with Crippen molar-refractivity contribution in [1.29, 1.82) is 0 Å². The average molecular weight is 305 g/mol. The summed E-state index contributed by atoms with van der Waals surface area (Å²) in [5.74, 6) is 0.941. The number of hydrogen-bond donors (Lipinski definition) is 0. The van der Waals surface area contributed by atoms with Crippen LogP contribution in [-0.4, -0.2) is 44.6 Å². The molecule has 1 aromatic carbocycles. The lowest BCUT2D eigenvalue weighted by molar-refractivity contribution is -0.164. The fraction of sp³-hybridized carbons (Fsp3) is 0.667. The van der Waals surface area contributed by atoms with Crippen molar-refractivity contribution in [3.63, 3.8) is 0 Å². The number of ether oxygens (including phenoxy) is 3. The van der Waals surface area contributed by atoms with Crippen molar-refractivity contribution in [3.8, 4) is 5.75 Å². The largest absolute Gasteiger partial charge is 0.497 e. The molecule has 0 saturated carbocycles. The van der Waals surface area contributed by atoms with Crippen molar-refractivity contribution >= 4 is 0 Å². The third-order valence-corrected chi connectivity index (χ3v) is 4.66. The summed E-state index contributed by atoms with van der Waals surface area (Å²) in [6, 6.07) is 8.94. The second kappa shape index (κ2) is 7.95. The molecule has 2 heterocycles. The Morgan fingerprint density at radius 2 is 2.18 bits per heavy atom. The Morgan fingerprint density at radius 3 is 3.00 bits per heavy atom. The number of hydrogen-bond acceptors (Lipinski definition) is 4. The summed E-state index contributed by atoms with van der Waals surface area (Å²) in [4.78, 5) is 2.53. The van der Waals surface area contributed by atoms with Gasteiger partial charge >= 0.3 is 0 Å². The quantitative estimate of drug-likeness (QED) is 0.806. The molecule has 0 spiro atoms. The van der Waals surface area contributed by atoms with E-state index in [2.05, 4.69) is 23.1 Å². The molecule has 0 bridgehead atoms. The first-order valence-corrected chi connectivity index (χ1v) is 8.48. The van der Waals surface area contributed by atoms with Crippen LogP contribution in [0.4, 0.5) is 0 Å². The molecule has 122 valence electrons. The summed E-state index contributed by atoms with van der Waals surface area (Å²) in [6.07, 6.45) is 5.92. The number of benzene rings is 1. The first-order chi connectivity index (χ1) is 10.9. The maximum absolute atomic E-state index is 5.89. The van der Waals surface area contributed by atoms with E-state index >= 15 is 0 Å². The van der Waals surface area contributed by atoms with Gasteiger partial charge in [0.1, 0.15) is 5.75 Å². The summed E-state index contributed by atoms with van der Waals surface area (Å²) >= 11 is 0. The summed E-state index contributed by atoms with van der Waals surface area (Å²) in [7, 11) is 1.73. The average Bonchev–Trinajstić information content (AvgIpc) is 3.04. The third-order valence-electron chi connectivity index (χ3n) is 4.66. The van der Waals surface area contributed by atoms with E-state index in [1.165, 1.54) is 31.2 Å². The minimum atomic E-state index is 0.0200. The minimum Gasteiger partial charge on any atom is -0.497 e. The van der Waals surface area contributed by atoms with Crippen molar-refractivity contribution < 1.29 is 14.2 Å². The van der Waals surface area contributed by atoms with Gasteiger partial charge in [-0.1, -0.05) is 12.1 Å². The maximum atomic E-state index is 5.89. The van der Waals surface area contributed by atoms with Crippen molar-refractivity contribution in [2.45, 2.75) is 44.4 Å². The fourth-order valence-electron chi connectivity index (χ4n) is 3.46. The van der Waals surface area contributed by atoms with Crippen LogP contribution in [0.25, 0.3) is 0 Å². The second-order valence-electron chi connectivity index (χ2n) is 6.14. The van der Waals surface area contributed by atoms with Gasteiger partial charge in [-0.3, -0.25) is 4.90 Å². The standard InChI is InChI=1S/C18H27NO3/c1-20-16-7-4-6-15(14-16)17-8-5-10-19(17)11-13-22-18-9-2-3-12-21-18/h4,6-7,14,17-18H,2-3,5,8-13H2,1H3/t17-,18+/m1/s1. The molecular formula is C18H27NO3. The van der Waals surface area contributed by atoms with E-state index in [0.29, 0.717) is 6.04 Å². The molecule has 2 atom stereocenters.